The Kier molecular flexibility index (Phi) is 6.54. The molecule has 10 aromatic rings. The summed E-state index contributed by atoms with van der Waals surface area (Å²) in [6.07, 6.45) is 0. The van der Waals surface area contributed by atoms with Gasteiger partial charge in [-0.3, -0.25) is 0 Å². The van der Waals surface area contributed by atoms with Gasteiger partial charge in [-0.25, -0.2) is 0 Å². The smallest absolute Gasteiger partial charge is 0.299 e. The quantitative estimate of drug-likeness (QED) is 0.177. The largest absolute Gasteiger partial charge is 0.425 e. The first-order valence-electron chi connectivity index (χ1n) is 16.8. The Bertz CT molecular complexity index is 2800. The van der Waals surface area contributed by atoms with E-state index in [0.717, 1.165) is 61.4 Å². The van der Waals surface area contributed by atoms with Crippen molar-refractivity contribution in [2.24, 2.45) is 0 Å². The number of fused-ring (bicyclic) bond motifs is 8. The summed E-state index contributed by atoms with van der Waals surface area (Å²) in [6, 6.07) is 57.6. The van der Waals surface area contributed by atoms with Crippen LogP contribution in [0.2, 0.25) is 0 Å². The lowest BCUT2D eigenvalue weighted by Crippen LogP contribution is -2.10. The van der Waals surface area contributed by atoms with Crippen molar-refractivity contribution < 1.29 is 8.83 Å². The molecule has 0 aliphatic rings. The summed E-state index contributed by atoms with van der Waals surface area (Å²) in [7, 11) is 0. The van der Waals surface area contributed by atoms with Gasteiger partial charge in [-0.1, -0.05) is 72.8 Å². The molecular weight excluding hydrogens is 633 g/mol. The van der Waals surface area contributed by atoms with Gasteiger partial charge in [0, 0.05) is 71.1 Å². The minimum absolute atomic E-state index is 0.532. The van der Waals surface area contributed by atoms with Crippen LogP contribution in [0.4, 0.5) is 34.1 Å². The predicted molar refractivity (Wildman–Crippen MR) is 210 cm³/mol. The number of hydrogen-bond acceptors (Lipinski definition) is 5. The van der Waals surface area contributed by atoms with Crippen LogP contribution in [0.15, 0.2) is 173 Å². The van der Waals surface area contributed by atoms with E-state index in [0.29, 0.717) is 5.78 Å². The summed E-state index contributed by atoms with van der Waals surface area (Å²) < 4.78 is 15.4. The number of aryl methyl sites for hydroxylation is 1. The zero-order valence-electron chi connectivity index (χ0n) is 27.2. The monoisotopic (exact) mass is 662 g/mol. The second-order valence-corrected chi connectivity index (χ2v) is 13.7. The molecule has 0 saturated carbocycles. The molecule has 0 amide bonds. The van der Waals surface area contributed by atoms with Crippen molar-refractivity contribution in [2.75, 3.05) is 9.80 Å². The maximum absolute atomic E-state index is 6.50. The standard InChI is InChI=1S/C45H30N2O2S/c1-29-25-35(28-42-43(29)37-19-11-12-20-41(37)50-42)47(32-17-9-4-10-18-32)34-21-23-36-40(27-34)49-45-44(36)38-26-33(22-24-39(38)48-45)46(30-13-5-2-6-14-30)31-15-7-3-8-16-31/h2-28H,1H3. The first-order chi connectivity index (χ1) is 24.7. The molecule has 238 valence electrons. The Morgan fingerprint density at radius 2 is 0.980 bits per heavy atom. The summed E-state index contributed by atoms with van der Waals surface area (Å²) in [5.41, 5.74) is 9.28. The minimum Gasteiger partial charge on any atom is -0.425 e. The third-order valence-corrected chi connectivity index (χ3v) is 10.7. The lowest BCUT2D eigenvalue weighted by atomic mass is 10.0. The summed E-state index contributed by atoms with van der Waals surface area (Å²) >= 11 is 1.84. The van der Waals surface area contributed by atoms with Gasteiger partial charge in [0.2, 0.25) is 0 Å². The van der Waals surface area contributed by atoms with Gasteiger partial charge in [-0.15, -0.1) is 11.3 Å². The average Bonchev–Trinajstić information content (AvgIpc) is 3.83. The van der Waals surface area contributed by atoms with Crippen LogP contribution in [-0.2, 0) is 0 Å². The highest BCUT2D eigenvalue weighted by Crippen LogP contribution is 2.45. The number of thiophene rings is 1. The minimum atomic E-state index is 0.532. The normalized spacial score (nSPS) is 11.7. The number of hydrogen-bond donors (Lipinski definition) is 0. The number of rotatable bonds is 6. The van der Waals surface area contributed by atoms with Gasteiger partial charge < -0.3 is 18.6 Å². The van der Waals surface area contributed by atoms with Gasteiger partial charge in [0.15, 0.2) is 0 Å². The molecule has 0 spiro atoms. The topological polar surface area (TPSA) is 32.8 Å². The van der Waals surface area contributed by atoms with Gasteiger partial charge in [0.1, 0.15) is 11.2 Å². The molecule has 0 N–H and O–H groups in total. The van der Waals surface area contributed by atoms with Crippen molar-refractivity contribution in [3.63, 3.8) is 0 Å². The molecule has 0 atom stereocenters. The highest BCUT2D eigenvalue weighted by atomic mass is 32.1. The maximum atomic E-state index is 6.50. The average molecular weight is 663 g/mol. The molecule has 0 saturated heterocycles. The van der Waals surface area contributed by atoms with Gasteiger partial charge in [-0.2, -0.15) is 0 Å². The van der Waals surface area contributed by atoms with Crippen LogP contribution in [-0.4, -0.2) is 0 Å². The van der Waals surface area contributed by atoms with Crippen LogP contribution in [0.5, 0.6) is 0 Å². The summed E-state index contributed by atoms with van der Waals surface area (Å²) in [5, 5.41) is 5.67. The number of furan rings is 2. The molecule has 10 rings (SSSR count). The van der Waals surface area contributed by atoms with Crippen LogP contribution in [0.25, 0.3) is 53.3 Å². The SMILES string of the molecule is Cc1cc(N(c2ccccc2)c2ccc3c(c2)oc2oc4ccc(N(c5ccccc5)c5ccccc5)cc4c23)cc2sc3ccccc3c12. The van der Waals surface area contributed by atoms with E-state index in [4.69, 9.17) is 8.83 Å². The van der Waals surface area contributed by atoms with Crippen molar-refractivity contribution in [2.45, 2.75) is 6.92 Å². The van der Waals surface area contributed by atoms with E-state index in [9.17, 15) is 0 Å². The van der Waals surface area contributed by atoms with Crippen molar-refractivity contribution in [1.82, 2.24) is 0 Å². The molecule has 5 heteroatoms. The fraction of sp³-hybridized carbons (Fsp3) is 0.0222. The molecule has 0 aliphatic carbocycles. The fourth-order valence-electron chi connectivity index (χ4n) is 7.37. The molecule has 4 nitrogen and oxygen atoms in total. The maximum Gasteiger partial charge on any atom is 0.299 e. The lowest BCUT2D eigenvalue weighted by Gasteiger charge is -2.26. The molecule has 0 unspecified atom stereocenters. The van der Waals surface area contributed by atoms with E-state index in [-0.39, 0.29) is 0 Å². The summed E-state index contributed by atoms with van der Waals surface area (Å²) in [5.74, 6) is 0.532. The van der Waals surface area contributed by atoms with Gasteiger partial charge >= 0.3 is 0 Å². The van der Waals surface area contributed by atoms with Gasteiger partial charge in [-0.05, 0) is 97.4 Å². The number of anilines is 6. The third-order valence-electron chi connectivity index (χ3n) is 9.55. The Balaban J connectivity index is 1.13. The summed E-state index contributed by atoms with van der Waals surface area (Å²) in [6.45, 7) is 2.22. The number of benzene rings is 7. The molecule has 50 heavy (non-hydrogen) atoms. The third kappa shape index (κ3) is 4.59. The van der Waals surface area contributed by atoms with E-state index < -0.39 is 0 Å². The van der Waals surface area contributed by atoms with Crippen molar-refractivity contribution >= 4 is 98.7 Å². The molecule has 3 aromatic heterocycles. The van der Waals surface area contributed by atoms with E-state index in [1.54, 1.807) is 0 Å². The molecule has 0 aliphatic heterocycles. The fourth-order valence-corrected chi connectivity index (χ4v) is 8.58. The second kappa shape index (κ2) is 11.4. The summed E-state index contributed by atoms with van der Waals surface area (Å²) in [4.78, 5) is 4.58. The number of nitrogens with zero attached hydrogens (tertiary/aromatic N) is 2. The van der Waals surface area contributed by atoms with E-state index in [1.165, 1.54) is 25.7 Å². The second-order valence-electron chi connectivity index (χ2n) is 12.6. The highest BCUT2D eigenvalue weighted by molar-refractivity contribution is 7.25. The van der Waals surface area contributed by atoms with Crippen LogP contribution >= 0.6 is 11.3 Å². The molecular formula is C45H30N2O2S. The van der Waals surface area contributed by atoms with E-state index >= 15 is 0 Å². The van der Waals surface area contributed by atoms with Crippen molar-refractivity contribution in [3.05, 3.63) is 169 Å². The van der Waals surface area contributed by atoms with E-state index in [2.05, 4.69) is 162 Å². The first-order valence-corrected chi connectivity index (χ1v) is 17.6. The zero-order chi connectivity index (χ0) is 33.2. The highest BCUT2D eigenvalue weighted by Gasteiger charge is 2.22. The van der Waals surface area contributed by atoms with Crippen LogP contribution < -0.4 is 9.80 Å². The van der Waals surface area contributed by atoms with Crippen LogP contribution in [0.3, 0.4) is 0 Å². The van der Waals surface area contributed by atoms with Crippen molar-refractivity contribution in [1.29, 1.82) is 0 Å². The first kappa shape index (κ1) is 28.7. The van der Waals surface area contributed by atoms with Gasteiger partial charge in [0.25, 0.3) is 5.78 Å². The Morgan fingerprint density at radius 3 is 1.68 bits per heavy atom. The Hall–Kier alpha value is -6.30. The Labute approximate surface area is 292 Å². The predicted octanol–water partition coefficient (Wildman–Crippen LogP) is 13.9. The molecule has 0 fully saturated rings. The van der Waals surface area contributed by atoms with Crippen LogP contribution in [0, 0.1) is 6.92 Å². The van der Waals surface area contributed by atoms with Gasteiger partial charge in [0.05, 0.1) is 5.39 Å². The lowest BCUT2D eigenvalue weighted by molar-refractivity contribution is 0.524. The van der Waals surface area contributed by atoms with E-state index in [1.807, 2.05) is 29.5 Å². The molecule has 0 radical (unpaired) electrons. The van der Waals surface area contributed by atoms with Crippen LogP contribution in [0.1, 0.15) is 5.56 Å². The zero-order valence-corrected chi connectivity index (χ0v) is 28.0. The molecule has 0 bridgehead atoms. The molecule has 3 heterocycles. The van der Waals surface area contributed by atoms with Crippen molar-refractivity contribution in [3.8, 4) is 0 Å². The molecule has 7 aromatic carbocycles. The number of para-hydroxylation sites is 3. The Morgan fingerprint density at radius 1 is 0.400 bits per heavy atom.